The van der Waals surface area contributed by atoms with Gasteiger partial charge in [0.2, 0.25) is 0 Å². The number of hydrogen-bond donors (Lipinski definition) is 1. The van der Waals surface area contributed by atoms with Crippen molar-refractivity contribution < 1.29 is 17.6 Å². The molecule has 0 radical (unpaired) electrons. The lowest BCUT2D eigenvalue weighted by atomic mass is 10.2. The van der Waals surface area contributed by atoms with E-state index in [0.29, 0.717) is 11.5 Å². The maximum absolute atomic E-state index is 12.7. The van der Waals surface area contributed by atoms with Crippen LogP contribution < -0.4 is 5.32 Å². The molecule has 2 aromatic heterocycles. The third kappa shape index (κ3) is 2.82. The van der Waals surface area contributed by atoms with Crippen molar-refractivity contribution in [1.29, 1.82) is 0 Å². The van der Waals surface area contributed by atoms with Gasteiger partial charge in [0, 0.05) is 6.20 Å². The average Bonchev–Trinajstić information content (AvgIpc) is 2.72. The zero-order valence-corrected chi connectivity index (χ0v) is 9.58. The van der Waals surface area contributed by atoms with Crippen molar-refractivity contribution in [2.45, 2.75) is 19.6 Å². The number of furan rings is 1. The van der Waals surface area contributed by atoms with Crippen molar-refractivity contribution in [3.63, 3.8) is 0 Å². The van der Waals surface area contributed by atoms with Gasteiger partial charge in [-0.3, -0.25) is 0 Å². The predicted molar refractivity (Wildman–Crippen MR) is 60.0 cm³/mol. The van der Waals surface area contributed by atoms with Gasteiger partial charge in [-0.05, 0) is 31.2 Å². The van der Waals surface area contributed by atoms with Crippen LogP contribution in [0.1, 0.15) is 17.1 Å². The molecule has 0 saturated carbocycles. The number of anilines is 1. The topological polar surface area (TPSA) is 38.1 Å². The van der Waals surface area contributed by atoms with Gasteiger partial charge in [0.1, 0.15) is 17.3 Å². The van der Waals surface area contributed by atoms with Crippen molar-refractivity contribution in [3.05, 3.63) is 47.5 Å². The SMILES string of the molecule is Cc1ccc(CNc2ncccc2C(F)(F)F)o1. The Bertz CT molecular complexity index is 534. The molecule has 2 aromatic rings. The van der Waals surface area contributed by atoms with Crippen LogP contribution in [0, 0.1) is 6.92 Å². The quantitative estimate of drug-likeness (QED) is 0.911. The molecule has 0 aliphatic rings. The van der Waals surface area contributed by atoms with Crippen LogP contribution in [0.25, 0.3) is 0 Å². The Balaban J connectivity index is 2.14. The molecular weight excluding hydrogens is 245 g/mol. The molecule has 96 valence electrons. The number of rotatable bonds is 3. The molecule has 0 fully saturated rings. The fraction of sp³-hybridized carbons (Fsp3) is 0.250. The summed E-state index contributed by atoms with van der Waals surface area (Å²) in [6, 6.07) is 5.70. The van der Waals surface area contributed by atoms with Crippen LogP contribution in [0.3, 0.4) is 0 Å². The van der Waals surface area contributed by atoms with E-state index in [1.807, 2.05) is 0 Å². The second-order valence-electron chi connectivity index (χ2n) is 3.76. The van der Waals surface area contributed by atoms with Crippen LogP contribution in [0.15, 0.2) is 34.9 Å². The van der Waals surface area contributed by atoms with Crippen molar-refractivity contribution in [2.75, 3.05) is 5.32 Å². The minimum Gasteiger partial charge on any atom is -0.465 e. The van der Waals surface area contributed by atoms with Crippen LogP contribution in [-0.2, 0) is 12.7 Å². The number of nitrogens with one attached hydrogen (secondary N) is 1. The smallest absolute Gasteiger partial charge is 0.419 e. The lowest BCUT2D eigenvalue weighted by Gasteiger charge is -2.12. The first-order valence-electron chi connectivity index (χ1n) is 5.28. The van der Waals surface area contributed by atoms with E-state index in [-0.39, 0.29) is 12.4 Å². The minimum absolute atomic E-state index is 0.161. The number of pyridine rings is 1. The second-order valence-corrected chi connectivity index (χ2v) is 3.76. The van der Waals surface area contributed by atoms with Gasteiger partial charge in [0.05, 0.1) is 12.1 Å². The molecule has 0 saturated heterocycles. The van der Waals surface area contributed by atoms with Gasteiger partial charge in [0.25, 0.3) is 0 Å². The molecular formula is C12H11F3N2O. The van der Waals surface area contributed by atoms with Gasteiger partial charge < -0.3 is 9.73 Å². The molecule has 0 atom stereocenters. The summed E-state index contributed by atoms with van der Waals surface area (Å²) in [7, 11) is 0. The lowest BCUT2D eigenvalue weighted by molar-refractivity contribution is -0.137. The van der Waals surface area contributed by atoms with E-state index in [1.165, 1.54) is 12.3 Å². The highest BCUT2D eigenvalue weighted by atomic mass is 19.4. The highest BCUT2D eigenvalue weighted by molar-refractivity contribution is 5.45. The first-order chi connectivity index (χ1) is 8.47. The number of aromatic nitrogens is 1. The molecule has 2 rings (SSSR count). The van der Waals surface area contributed by atoms with Gasteiger partial charge in [0.15, 0.2) is 0 Å². The van der Waals surface area contributed by atoms with Crippen molar-refractivity contribution >= 4 is 5.82 Å². The van der Waals surface area contributed by atoms with Gasteiger partial charge in [-0.2, -0.15) is 13.2 Å². The van der Waals surface area contributed by atoms with Crippen LogP contribution >= 0.6 is 0 Å². The van der Waals surface area contributed by atoms with E-state index in [0.717, 1.165) is 6.07 Å². The molecule has 6 heteroatoms. The molecule has 0 amide bonds. The Kier molecular flexibility index (Phi) is 3.27. The molecule has 18 heavy (non-hydrogen) atoms. The van der Waals surface area contributed by atoms with Crippen molar-refractivity contribution in [2.24, 2.45) is 0 Å². The van der Waals surface area contributed by atoms with E-state index in [9.17, 15) is 13.2 Å². The predicted octanol–water partition coefficient (Wildman–Crippen LogP) is 3.61. The van der Waals surface area contributed by atoms with Crippen LogP contribution in [0.4, 0.5) is 19.0 Å². The molecule has 0 bridgehead atoms. The van der Waals surface area contributed by atoms with E-state index in [4.69, 9.17) is 4.42 Å². The summed E-state index contributed by atoms with van der Waals surface area (Å²) < 4.78 is 43.3. The lowest BCUT2D eigenvalue weighted by Crippen LogP contribution is -2.11. The van der Waals surface area contributed by atoms with E-state index in [2.05, 4.69) is 10.3 Å². The van der Waals surface area contributed by atoms with E-state index in [1.54, 1.807) is 19.1 Å². The summed E-state index contributed by atoms with van der Waals surface area (Å²) in [6.07, 6.45) is -3.11. The second kappa shape index (κ2) is 4.72. The summed E-state index contributed by atoms with van der Waals surface area (Å²) in [6.45, 7) is 1.93. The van der Waals surface area contributed by atoms with Gasteiger partial charge in [-0.15, -0.1) is 0 Å². The minimum atomic E-state index is -4.42. The Labute approximate surface area is 102 Å². The fourth-order valence-electron chi connectivity index (χ4n) is 1.53. The molecule has 2 heterocycles. The number of hydrogen-bond acceptors (Lipinski definition) is 3. The van der Waals surface area contributed by atoms with E-state index < -0.39 is 11.7 Å². The summed E-state index contributed by atoms with van der Waals surface area (Å²) in [4.78, 5) is 3.69. The molecule has 1 N–H and O–H groups in total. The molecule has 3 nitrogen and oxygen atoms in total. The van der Waals surface area contributed by atoms with Crippen molar-refractivity contribution in [3.8, 4) is 0 Å². The van der Waals surface area contributed by atoms with Gasteiger partial charge in [-0.25, -0.2) is 4.98 Å². The molecule has 0 aliphatic carbocycles. The Morgan fingerprint density at radius 3 is 2.67 bits per heavy atom. The average molecular weight is 256 g/mol. The van der Waals surface area contributed by atoms with E-state index >= 15 is 0 Å². The summed E-state index contributed by atoms with van der Waals surface area (Å²) in [5, 5.41) is 2.62. The molecule has 0 spiro atoms. The summed E-state index contributed by atoms with van der Waals surface area (Å²) in [5.74, 6) is 1.08. The Hall–Kier alpha value is -1.98. The van der Waals surface area contributed by atoms with Gasteiger partial charge in [-0.1, -0.05) is 0 Å². The standard InChI is InChI=1S/C12H11F3N2O/c1-8-4-5-9(18-8)7-17-11-10(12(13,14)15)3-2-6-16-11/h2-6H,7H2,1H3,(H,16,17). The maximum atomic E-state index is 12.7. The third-order valence-electron chi connectivity index (χ3n) is 2.34. The Morgan fingerprint density at radius 1 is 1.28 bits per heavy atom. The number of nitrogens with zero attached hydrogens (tertiary/aromatic N) is 1. The molecule has 0 aliphatic heterocycles. The van der Waals surface area contributed by atoms with Crippen molar-refractivity contribution in [1.82, 2.24) is 4.98 Å². The number of alkyl halides is 3. The normalized spacial score (nSPS) is 11.6. The third-order valence-corrected chi connectivity index (χ3v) is 2.34. The highest BCUT2D eigenvalue weighted by Gasteiger charge is 2.33. The van der Waals surface area contributed by atoms with Gasteiger partial charge >= 0.3 is 6.18 Å². The fourth-order valence-corrected chi connectivity index (χ4v) is 1.53. The zero-order valence-electron chi connectivity index (χ0n) is 9.58. The molecule has 0 aromatic carbocycles. The summed E-state index contributed by atoms with van der Waals surface area (Å²) >= 11 is 0. The number of halogens is 3. The van der Waals surface area contributed by atoms with Crippen LogP contribution in [0.5, 0.6) is 0 Å². The number of aryl methyl sites for hydroxylation is 1. The Morgan fingerprint density at radius 2 is 2.06 bits per heavy atom. The van der Waals surface area contributed by atoms with Crippen LogP contribution in [0.2, 0.25) is 0 Å². The van der Waals surface area contributed by atoms with Crippen LogP contribution in [-0.4, -0.2) is 4.98 Å². The first-order valence-corrected chi connectivity index (χ1v) is 5.28. The monoisotopic (exact) mass is 256 g/mol. The summed E-state index contributed by atoms with van der Waals surface area (Å²) in [5.41, 5.74) is -0.784. The molecule has 0 unspecified atom stereocenters. The highest BCUT2D eigenvalue weighted by Crippen LogP contribution is 2.33. The first kappa shape index (κ1) is 12.5. The largest absolute Gasteiger partial charge is 0.465 e. The zero-order chi connectivity index (χ0) is 13.2. The maximum Gasteiger partial charge on any atom is 0.419 e.